The Kier molecular flexibility index (Phi) is 5.67. The summed E-state index contributed by atoms with van der Waals surface area (Å²) >= 11 is 0. The van der Waals surface area contributed by atoms with Gasteiger partial charge in [-0.25, -0.2) is 0 Å². The SMILES string of the molecule is COC1CCCN(CC2CC(C(C)C)CCC2O)C1. The van der Waals surface area contributed by atoms with Crippen LogP contribution in [-0.2, 0) is 4.74 Å². The molecule has 0 amide bonds. The first-order valence-electron chi connectivity index (χ1n) is 8.03. The number of nitrogens with zero attached hydrogens (tertiary/aromatic N) is 1. The average molecular weight is 269 g/mol. The topological polar surface area (TPSA) is 32.7 Å². The fraction of sp³-hybridized carbons (Fsp3) is 1.00. The highest BCUT2D eigenvalue weighted by Gasteiger charge is 2.32. The third-order valence-corrected chi connectivity index (χ3v) is 5.21. The summed E-state index contributed by atoms with van der Waals surface area (Å²) in [6, 6.07) is 0. The van der Waals surface area contributed by atoms with Crippen LogP contribution in [0.15, 0.2) is 0 Å². The second-order valence-electron chi connectivity index (χ2n) is 6.90. The Hall–Kier alpha value is -0.120. The molecule has 19 heavy (non-hydrogen) atoms. The molecule has 1 aliphatic carbocycles. The number of hydrogen-bond donors (Lipinski definition) is 1. The Morgan fingerprint density at radius 1 is 1.26 bits per heavy atom. The van der Waals surface area contributed by atoms with Crippen molar-refractivity contribution in [1.29, 1.82) is 0 Å². The molecular weight excluding hydrogens is 238 g/mol. The first-order chi connectivity index (χ1) is 9.10. The molecule has 1 saturated heterocycles. The van der Waals surface area contributed by atoms with E-state index in [0.29, 0.717) is 12.0 Å². The molecule has 2 rings (SSSR count). The number of aliphatic hydroxyl groups excluding tert-OH is 1. The maximum Gasteiger partial charge on any atom is 0.0698 e. The maximum atomic E-state index is 10.3. The molecule has 4 unspecified atom stereocenters. The van der Waals surface area contributed by atoms with Crippen molar-refractivity contribution >= 4 is 0 Å². The lowest BCUT2D eigenvalue weighted by Gasteiger charge is -2.40. The van der Waals surface area contributed by atoms with Crippen LogP contribution in [0.5, 0.6) is 0 Å². The summed E-state index contributed by atoms with van der Waals surface area (Å²) in [5, 5.41) is 10.3. The van der Waals surface area contributed by atoms with Gasteiger partial charge in [0.25, 0.3) is 0 Å². The lowest BCUT2D eigenvalue weighted by Crippen LogP contribution is -2.45. The van der Waals surface area contributed by atoms with E-state index in [1.807, 2.05) is 7.11 Å². The number of likely N-dealkylation sites (tertiary alicyclic amines) is 1. The van der Waals surface area contributed by atoms with Gasteiger partial charge in [-0.15, -0.1) is 0 Å². The van der Waals surface area contributed by atoms with E-state index < -0.39 is 0 Å². The van der Waals surface area contributed by atoms with E-state index in [1.54, 1.807) is 0 Å². The molecular formula is C16H31NO2. The Morgan fingerprint density at radius 2 is 2.05 bits per heavy atom. The van der Waals surface area contributed by atoms with Crippen LogP contribution in [0.4, 0.5) is 0 Å². The number of rotatable bonds is 4. The van der Waals surface area contributed by atoms with E-state index in [1.165, 1.54) is 32.2 Å². The van der Waals surface area contributed by atoms with Gasteiger partial charge in [0.1, 0.15) is 0 Å². The van der Waals surface area contributed by atoms with Gasteiger partial charge in [0.05, 0.1) is 12.2 Å². The number of ether oxygens (including phenoxy) is 1. The Balaban J connectivity index is 1.85. The molecule has 0 aromatic carbocycles. The summed E-state index contributed by atoms with van der Waals surface area (Å²) in [6.07, 6.45) is 6.13. The molecule has 0 aromatic rings. The van der Waals surface area contributed by atoms with Gasteiger partial charge in [-0.1, -0.05) is 13.8 Å². The highest BCUT2D eigenvalue weighted by atomic mass is 16.5. The van der Waals surface area contributed by atoms with Gasteiger partial charge in [-0.3, -0.25) is 0 Å². The monoisotopic (exact) mass is 269 g/mol. The molecule has 3 heteroatoms. The zero-order valence-electron chi connectivity index (χ0n) is 12.8. The molecule has 1 N–H and O–H groups in total. The lowest BCUT2D eigenvalue weighted by atomic mass is 9.74. The van der Waals surface area contributed by atoms with Crippen molar-refractivity contribution in [1.82, 2.24) is 4.90 Å². The van der Waals surface area contributed by atoms with Crippen LogP contribution >= 0.6 is 0 Å². The Morgan fingerprint density at radius 3 is 2.74 bits per heavy atom. The quantitative estimate of drug-likeness (QED) is 0.851. The van der Waals surface area contributed by atoms with Gasteiger partial charge in [0.2, 0.25) is 0 Å². The summed E-state index contributed by atoms with van der Waals surface area (Å²) < 4.78 is 5.49. The van der Waals surface area contributed by atoms with Crippen LogP contribution < -0.4 is 0 Å². The standard InChI is InChI=1S/C16H31NO2/c1-12(2)13-6-7-16(18)14(9-13)10-17-8-4-5-15(11-17)19-3/h12-16,18H,4-11H2,1-3H3. The molecule has 1 saturated carbocycles. The molecule has 0 spiro atoms. The van der Waals surface area contributed by atoms with Gasteiger partial charge in [-0.2, -0.15) is 0 Å². The lowest BCUT2D eigenvalue weighted by molar-refractivity contribution is -0.0109. The first kappa shape index (κ1) is 15.3. The molecule has 0 bridgehead atoms. The van der Waals surface area contributed by atoms with Gasteiger partial charge in [0.15, 0.2) is 0 Å². The van der Waals surface area contributed by atoms with E-state index in [4.69, 9.17) is 4.74 Å². The van der Waals surface area contributed by atoms with Crippen LogP contribution in [0.3, 0.4) is 0 Å². The minimum atomic E-state index is -0.0853. The molecule has 4 atom stereocenters. The Bertz CT molecular complexity index is 269. The van der Waals surface area contributed by atoms with Gasteiger partial charge in [-0.05, 0) is 56.4 Å². The fourth-order valence-corrected chi connectivity index (χ4v) is 3.79. The number of hydrogen-bond acceptors (Lipinski definition) is 3. The highest BCUT2D eigenvalue weighted by Crippen LogP contribution is 2.34. The molecule has 0 radical (unpaired) electrons. The minimum absolute atomic E-state index is 0.0853. The predicted octanol–water partition coefficient (Wildman–Crippen LogP) is 2.53. The van der Waals surface area contributed by atoms with Crippen molar-refractivity contribution in [2.75, 3.05) is 26.7 Å². The third kappa shape index (κ3) is 4.17. The summed E-state index contributed by atoms with van der Waals surface area (Å²) in [5.41, 5.74) is 0. The molecule has 1 aliphatic heterocycles. The Labute approximate surface area is 118 Å². The average Bonchev–Trinajstić information content (AvgIpc) is 2.41. The van der Waals surface area contributed by atoms with Crippen molar-refractivity contribution in [2.45, 2.75) is 58.2 Å². The third-order valence-electron chi connectivity index (χ3n) is 5.21. The zero-order valence-corrected chi connectivity index (χ0v) is 12.8. The van der Waals surface area contributed by atoms with Gasteiger partial charge >= 0.3 is 0 Å². The maximum absolute atomic E-state index is 10.3. The van der Waals surface area contributed by atoms with Crippen LogP contribution in [0, 0.1) is 17.8 Å². The molecule has 2 aliphatic rings. The zero-order chi connectivity index (χ0) is 13.8. The number of methoxy groups -OCH3 is 1. The van der Waals surface area contributed by atoms with E-state index in [2.05, 4.69) is 18.7 Å². The molecule has 3 nitrogen and oxygen atoms in total. The van der Waals surface area contributed by atoms with Crippen LogP contribution in [0.2, 0.25) is 0 Å². The smallest absolute Gasteiger partial charge is 0.0698 e. The second kappa shape index (κ2) is 7.05. The van der Waals surface area contributed by atoms with Crippen molar-refractivity contribution < 1.29 is 9.84 Å². The highest BCUT2D eigenvalue weighted by molar-refractivity contribution is 4.85. The van der Waals surface area contributed by atoms with Crippen LogP contribution in [0.25, 0.3) is 0 Å². The van der Waals surface area contributed by atoms with Crippen LogP contribution in [0.1, 0.15) is 46.0 Å². The predicted molar refractivity (Wildman–Crippen MR) is 78.1 cm³/mol. The van der Waals surface area contributed by atoms with Gasteiger partial charge < -0.3 is 14.7 Å². The molecule has 112 valence electrons. The molecule has 1 heterocycles. The molecule has 2 fully saturated rings. The minimum Gasteiger partial charge on any atom is -0.393 e. The normalized spacial score (nSPS) is 37.7. The van der Waals surface area contributed by atoms with Crippen molar-refractivity contribution in [3.8, 4) is 0 Å². The van der Waals surface area contributed by atoms with E-state index >= 15 is 0 Å². The molecule has 0 aromatic heterocycles. The first-order valence-corrected chi connectivity index (χ1v) is 8.03. The fourth-order valence-electron chi connectivity index (χ4n) is 3.79. The summed E-state index contributed by atoms with van der Waals surface area (Å²) in [4.78, 5) is 2.51. The summed E-state index contributed by atoms with van der Waals surface area (Å²) in [5.74, 6) is 2.02. The van der Waals surface area contributed by atoms with E-state index in [0.717, 1.165) is 31.3 Å². The van der Waals surface area contributed by atoms with Crippen molar-refractivity contribution in [3.05, 3.63) is 0 Å². The number of aliphatic hydroxyl groups is 1. The summed E-state index contributed by atoms with van der Waals surface area (Å²) in [6.45, 7) is 7.92. The van der Waals surface area contributed by atoms with Crippen molar-refractivity contribution in [3.63, 3.8) is 0 Å². The van der Waals surface area contributed by atoms with E-state index in [-0.39, 0.29) is 6.10 Å². The van der Waals surface area contributed by atoms with Gasteiger partial charge in [0, 0.05) is 20.2 Å². The second-order valence-corrected chi connectivity index (χ2v) is 6.90. The largest absolute Gasteiger partial charge is 0.393 e. The van der Waals surface area contributed by atoms with Crippen LogP contribution in [-0.4, -0.2) is 49.0 Å². The summed E-state index contributed by atoms with van der Waals surface area (Å²) in [7, 11) is 1.82. The number of piperidine rings is 1. The van der Waals surface area contributed by atoms with E-state index in [9.17, 15) is 5.11 Å². The van der Waals surface area contributed by atoms with Crippen molar-refractivity contribution in [2.24, 2.45) is 17.8 Å².